The smallest absolute Gasteiger partial charge is 0.228 e. The average molecular weight is 492 g/mol. The highest BCUT2D eigenvalue weighted by molar-refractivity contribution is 5.96. The minimum Gasteiger partial charge on any atom is -0.457 e. The lowest BCUT2D eigenvalue weighted by Gasteiger charge is -2.34. The standard InChI is InChI=1S/C31H29N3O3/c35-30(32-21-9-8-12-23(19-21)37-22-10-2-1-3-11-22)26-14-4-5-15-27(26)31(36)34-18-17-25-24-13-6-7-16-28(24)33-29(25)20-34/h1-13,16,19,26-27,33H,14-15,17-18,20H2,(H,32,35). The van der Waals surface area contributed by atoms with Gasteiger partial charge < -0.3 is 19.9 Å². The van der Waals surface area contributed by atoms with E-state index in [4.69, 9.17) is 4.74 Å². The van der Waals surface area contributed by atoms with Gasteiger partial charge in [0.15, 0.2) is 0 Å². The van der Waals surface area contributed by atoms with Gasteiger partial charge in [-0.2, -0.15) is 0 Å². The van der Waals surface area contributed by atoms with E-state index in [9.17, 15) is 9.59 Å². The molecule has 37 heavy (non-hydrogen) atoms. The number of hydrogen-bond donors (Lipinski definition) is 2. The van der Waals surface area contributed by atoms with Crippen molar-refractivity contribution in [2.75, 3.05) is 11.9 Å². The number of fused-ring (bicyclic) bond motifs is 3. The molecule has 0 saturated heterocycles. The van der Waals surface area contributed by atoms with Crippen molar-refractivity contribution >= 4 is 28.4 Å². The summed E-state index contributed by atoms with van der Waals surface area (Å²) in [4.78, 5) is 32.5. The van der Waals surface area contributed by atoms with E-state index in [0.717, 1.165) is 23.4 Å². The van der Waals surface area contributed by atoms with Crippen molar-refractivity contribution in [2.45, 2.75) is 25.8 Å². The first-order valence-electron chi connectivity index (χ1n) is 12.8. The predicted octanol–water partition coefficient (Wildman–Crippen LogP) is 6.07. The highest BCUT2D eigenvalue weighted by Gasteiger charge is 2.37. The van der Waals surface area contributed by atoms with Crippen LogP contribution in [0.25, 0.3) is 10.9 Å². The molecule has 0 radical (unpaired) electrons. The van der Waals surface area contributed by atoms with Crippen LogP contribution in [-0.2, 0) is 22.6 Å². The number of aromatic nitrogens is 1. The van der Waals surface area contributed by atoms with Crippen LogP contribution in [0.5, 0.6) is 11.5 Å². The van der Waals surface area contributed by atoms with Gasteiger partial charge in [-0.25, -0.2) is 0 Å². The Hall–Kier alpha value is -4.32. The fraction of sp³-hybridized carbons (Fsp3) is 0.226. The maximum atomic E-state index is 13.7. The summed E-state index contributed by atoms with van der Waals surface area (Å²) >= 11 is 0. The van der Waals surface area contributed by atoms with Crippen molar-refractivity contribution in [1.29, 1.82) is 0 Å². The molecule has 6 heteroatoms. The second-order valence-electron chi connectivity index (χ2n) is 9.73. The molecule has 1 aliphatic carbocycles. The van der Waals surface area contributed by atoms with Crippen molar-refractivity contribution in [3.05, 3.63) is 102 Å². The van der Waals surface area contributed by atoms with Gasteiger partial charge in [0.2, 0.25) is 11.8 Å². The molecular weight excluding hydrogens is 462 g/mol. The number of ether oxygens (including phenoxy) is 1. The Labute approximate surface area is 215 Å². The zero-order valence-corrected chi connectivity index (χ0v) is 20.5. The van der Waals surface area contributed by atoms with Gasteiger partial charge in [0.25, 0.3) is 0 Å². The van der Waals surface area contributed by atoms with E-state index >= 15 is 0 Å². The number of amides is 2. The van der Waals surface area contributed by atoms with Crippen LogP contribution in [0.15, 0.2) is 91.0 Å². The highest BCUT2D eigenvalue weighted by atomic mass is 16.5. The van der Waals surface area contributed by atoms with Gasteiger partial charge in [-0.1, -0.05) is 54.6 Å². The first-order chi connectivity index (χ1) is 18.2. The third kappa shape index (κ3) is 4.75. The maximum Gasteiger partial charge on any atom is 0.228 e. The van der Waals surface area contributed by atoms with Crippen molar-refractivity contribution in [3.63, 3.8) is 0 Å². The van der Waals surface area contributed by atoms with Gasteiger partial charge in [0.05, 0.1) is 18.4 Å². The number of rotatable bonds is 5. The van der Waals surface area contributed by atoms with Gasteiger partial charge in [-0.05, 0) is 55.2 Å². The van der Waals surface area contributed by atoms with Crippen LogP contribution in [0.4, 0.5) is 5.69 Å². The molecule has 186 valence electrons. The number of hydrogen-bond acceptors (Lipinski definition) is 3. The van der Waals surface area contributed by atoms with Crippen molar-refractivity contribution in [1.82, 2.24) is 9.88 Å². The third-order valence-corrected chi connectivity index (χ3v) is 7.36. The van der Waals surface area contributed by atoms with Crippen molar-refractivity contribution in [3.8, 4) is 11.5 Å². The lowest BCUT2D eigenvalue weighted by atomic mass is 9.81. The number of nitrogens with zero attached hydrogens (tertiary/aromatic N) is 1. The van der Waals surface area contributed by atoms with E-state index in [2.05, 4.69) is 28.5 Å². The number of anilines is 1. The number of aromatic amines is 1. The molecule has 4 aromatic rings. The van der Waals surface area contributed by atoms with Crippen LogP contribution < -0.4 is 10.1 Å². The van der Waals surface area contributed by atoms with Crippen LogP contribution in [0.2, 0.25) is 0 Å². The normalized spacial score (nSPS) is 18.9. The Bertz CT molecular complexity index is 1470. The first kappa shape index (κ1) is 23.1. The van der Waals surface area contributed by atoms with E-state index in [1.807, 2.05) is 77.7 Å². The molecule has 0 saturated carbocycles. The van der Waals surface area contributed by atoms with Gasteiger partial charge in [-0.3, -0.25) is 9.59 Å². The fourth-order valence-electron chi connectivity index (χ4n) is 5.49. The molecule has 6 rings (SSSR count). The van der Waals surface area contributed by atoms with Crippen LogP contribution in [-0.4, -0.2) is 28.2 Å². The van der Waals surface area contributed by atoms with E-state index in [1.165, 1.54) is 10.9 Å². The number of carbonyl (C=O) groups is 2. The highest BCUT2D eigenvalue weighted by Crippen LogP contribution is 2.33. The molecule has 2 atom stereocenters. The average Bonchev–Trinajstić information content (AvgIpc) is 3.31. The summed E-state index contributed by atoms with van der Waals surface area (Å²) in [7, 11) is 0. The Kier molecular flexibility index (Phi) is 6.23. The monoisotopic (exact) mass is 491 g/mol. The lowest BCUT2D eigenvalue weighted by Crippen LogP contribution is -2.45. The summed E-state index contributed by atoms with van der Waals surface area (Å²) in [5.41, 5.74) is 4.16. The molecule has 3 aromatic carbocycles. The van der Waals surface area contributed by atoms with Gasteiger partial charge in [-0.15, -0.1) is 0 Å². The number of carbonyl (C=O) groups excluding carboxylic acids is 2. The minimum absolute atomic E-state index is 0.0509. The molecular formula is C31H29N3O3. The maximum absolute atomic E-state index is 13.7. The minimum atomic E-state index is -0.416. The van der Waals surface area contributed by atoms with Crippen LogP contribution in [0, 0.1) is 11.8 Å². The molecule has 2 amide bonds. The van der Waals surface area contributed by atoms with E-state index in [1.54, 1.807) is 0 Å². The summed E-state index contributed by atoms with van der Waals surface area (Å²) in [5.74, 6) is 0.495. The number of nitrogens with one attached hydrogen (secondary N) is 2. The molecule has 1 aliphatic heterocycles. The second kappa shape index (κ2) is 9.97. The third-order valence-electron chi connectivity index (χ3n) is 7.36. The summed E-state index contributed by atoms with van der Waals surface area (Å²) in [6.45, 7) is 1.22. The van der Waals surface area contributed by atoms with Crippen LogP contribution in [0.1, 0.15) is 24.1 Å². The fourth-order valence-corrected chi connectivity index (χ4v) is 5.49. The van der Waals surface area contributed by atoms with E-state index in [0.29, 0.717) is 37.4 Å². The molecule has 0 bridgehead atoms. The molecule has 2 unspecified atom stereocenters. The Morgan fingerprint density at radius 2 is 1.62 bits per heavy atom. The summed E-state index contributed by atoms with van der Waals surface area (Å²) in [6, 6.07) is 25.2. The zero-order chi connectivity index (χ0) is 25.2. The largest absolute Gasteiger partial charge is 0.457 e. The summed E-state index contributed by atoms with van der Waals surface area (Å²) in [6.07, 6.45) is 5.98. The van der Waals surface area contributed by atoms with Gasteiger partial charge in [0.1, 0.15) is 11.5 Å². The number of benzene rings is 3. The quantitative estimate of drug-likeness (QED) is 0.333. The molecule has 6 nitrogen and oxygen atoms in total. The molecule has 1 aromatic heterocycles. The molecule has 0 fully saturated rings. The zero-order valence-electron chi connectivity index (χ0n) is 20.5. The van der Waals surface area contributed by atoms with Crippen molar-refractivity contribution in [2.24, 2.45) is 11.8 Å². The molecule has 0 spiro atoms. The number of allylic oxidation sites excluding steroid dienone is 2. The van der Waals surface area contributed by atoms with E-state index in [-0.39, 0.29) is 17.7 Å². The molecule has 2 aliphatic rings. The van der Waals surface area contributed by atoms with Crippen molar-refractivity contribution < 1.29 is 14.3 Å². The van der Waals surface area contributed by atoms with Gasteiger partial charge in [0, 0.05) is 34.9 Å². The van der Waals surface area contributed by atoms with Crippen LogP contribution in [0.3, 0.4) is 0 Å². The second-order valence-corrected chi connectivity index (χ2v) is 9.73. The van der Waals surface area contributed by atoms with Crippen LogP contribution >= 0.6 is 0 Å². The summed E-state index contributed by atoms with van der Waals surface area (Å²) < 4.78 is 5.91. The molecule has 2 heterocycles. The lowest BCUT2D eigenvalue weighted by molar-refractivity contribution is -0.141. The van der Waals surface area contributed by atoms with E-state index < -0.39 is 5.92 Å². The SMILES string of the molecule is O=C(Nc1cccc(Oc2ccccc2)c1)C1CC=CCC1C(=O)N1CCc2c([nH]c3ccccc23)C1. The first-order valence-corrected chi connectivity index (χ1v) is 12.8. The predicted molar refractivity (Wildman–Crippen MR) is 144 cm³/mol. The van der Waals surface area contributed by atoms with Gasteiger partial charge >= 0.3 is 0 Å². The Morgan fingerprint density at radius 1 is 0.865 bits per heavy atom. The molecule has 2 N–H and O–H groups in total. The Balaban J connectivity index is 1.15. The number of para-hydroxylation sites is 2. The number of H-pyrrole nitrogens is 1. The summed E-state index contributed by atoms with van der Waals surface area (Å²) in [5, 5.41) is 4.27. The Morgan fingerprint density at radius 3 is 2.49 bits per heavy atom. The topological polar surface area (TPSA) is 74.4 Å².